The summed E-state index contributed by atoms with van der Waals surface area (Å²) in [5, 5.41) is 3.78. The largest absolute Gasteiger partial charge is 0.312 e. The highest BCUT2D eigenvalue weighted by Crippen LogP contribution is 2.27. The molecule has 2 rings (SSSR count). The minimum atomic E-state index is 0.682. The molecule has 0 radical (unpaired) electrons. The highest BCUT2D eigenvalue weighted by molar-refractivity contribution is 5.14. The Balaban J connectivity index is 1.88. The summed E-state index contributed by atoms with van der Waals surface area (Å²) in [4.78, 5) is 2.59. The van der Waals surface area contributed by atoms with E-state index in [4.69, 9.17) is 0 Å². The second-order valence-corrected chi connectivity index (χ2v) is 6.76. The fourth-order valence-electron chi connectivity index (χ4n) is 3.52. The van der Waals surface area contributed by atoms with Crippen molar-refractivity contribution in [3.8, 4) is 0 Å². The molecule has 1 aliphatic carbocycles. The lowest BCUT2D eigenvalue weighted by Crippen LogP contribution is -2.52. The molecule has 1 aromatic carbocycles. The summed E-state index contributed by atoms with van der Waals surface area (Å²) in [7, 11) is 2.31. The molecule has 3 unspecified atom stereocenters. The van der Waals surface area contributed by atoms with E-state index in [9.17, 15) is 0 Å². The number of hydrogen-bond donors (Lipinski definition) is 1. The van der Waals surface area contributed by atoms with Gasteiger partial charge in [0.05, 0.1) is 0 Å². The van der Waals surface area contributed by atoms with Crippen molar-refractivity contribution in [3.63, 3.8) is 0 Å². The van der Waals surface area contributed by atoms with Crippen LogP contribution < -0.4 is 5.32 Å². The fraction of sp³-hybridized carbons (Fsp3) is 0.684. The number of rotatable bonds is 7. The summed E-state index contributed by atoms with van der Waals surface area (Å²) in [5.74, 6) is 0.869. The number of nitrogens with one attached hydrogen (secondary N) is 1. The molecule has 1 aliphatic rings. The van der Waals surface area contributed by atoms with Crippen molar-refractivity contribution in [3.05, 3.63) is 35.9 Å². The number of likely N-dealkylation sites (N-methyl/N-ethyl adjacent to an activating group) is 1. The molecule has 1 fully saturated rings. The molecule has 0 aliphatic heterocycles. The van der Waals surface area contributed by atoms with Crippen LogP contribution in [0.5, 0.6) is 0 Å². The first-order chi connectivity index (χ1) is 10.2. The molecule has 0 bridgehead atoms. The Labute approximate surface area is 130 Å². The second kappa shape index (κ2) is 8.55. The van der Waals surface area contributed by atoms with Crippen LogP contribution in [0.25, 0.3) is 0 Å². The van der Waals surface area contributed by atoms with Crippen LogP contribution in [0.3, 0.4) is 0 Å². The normalized spacial score (nSPS) is 26.2. The Morgan fingerprint density at radius 3 is 2.67 bits per heavy atom. The van der Waals surface area contributed by atoms with Gasteiger partial charge >= 0.3 is 0 Å². The van der Waals surface area contributed by atoms with Crippen LogP contribution in [0.2, 0.25) is 0 Å². The highest BCUT2D eigenvalue weighted by Gasteiger charge is 2.30. The van der Waals surface area contributed by atoms with Gasteiger partial charge in [0.15, 0.2) is 0 Å². The standard InChI is InChI=1S/C19H32N2/c1-4-13-20-18-11-10-16(2)15-19(18)21(3)14-12-17-8-6-5-7-9-17/h5-9,16,18-20H,4,10-15H2,1-3H3. The van der Waals surface area contributed by atoms with Gasteiger partial charge in [-0.05, 0) is 57.2 Å². The van der Waals surface area contributed by atoms with Crippen LogP contribution in [0.15, 0.2) is 30.3 Å². The molecule has 0 aromatic heterocycles. The quantitative estimate of drug-likeness (QED) is 0.822. The Bertz CT molecular complexity index is 388. The molecular weight excluding hydrogens is 256 g/mol. The Hall–Kier alpha value is -0.860. The van der Waals surface area contributed by atoms with Gasteiger partial charge in [0.25, 0.3) is 0 Å². The van der Waals surface area contributed by atoms with E-state index in [1.807, 2.05) is 0 Å². The monoisotopic (exact) mass is 288 g/mol. The van der Waals surface area contributed by atoms with E-state index in [1.165, 1.54) is 31.2 Å². The third-order valence-electron chi connectivity index (χ3n) is 4.90. The average Bonchev–Trinajstić information content (AvgIpc) is 2.52. The summed E-state index contributed by atoms with van der Waals surface area (Å²) in [6, 6.07) is 12.2. The number of nitrogens with zero attached hydrogens (tertiary/aromatic N) is 1. The van der Waals surface area contributed by atoms with Gasteiger partial charge in [0.2, 0.25) is 0 Å². The predicted molar refractivity (Wildman–Crippen MR) is 91.7 cm³/mol. The van der Waals surface area contributed by atoms with E-state index in [0.717, 1.165) is 25.4 Å². The molecule has 2 nitrogen and oxygen atoms in total. The summed E-state index contributed by atoms with van der Waals surface area (Å²) in [6.07, 6.45) is 6.44. The number of hydrogen-bond acceptors (Lipinski definition) is 2. The maximum atomic E-state index is 3.78. The highest BCUT2D eigenvalue weighted by atomic mass is 15.2. The lowest BCUT2D eigenvalue weighted by atomic mass is 9.82. The van der Waals surface area contributed by atoms with E-state index in [1.54, 1.807) is 0 Å². The molecule has 0 spiro atoms. The van der Waals surface area contributed by atoms with Crippen molar-refractivity contribution in [2.75, 3.05) is 20.1 Å². The summed E-state index contributed by atoms with van der Waals surface area (Å²) in [5.41, 5.74) is 1.45. The minimum Gasteiger partial charge on any atom is -0.312 e. The summed E-state index contributed by atoms with van der Waals surface area (Å²) < 4.78 is 0. The van der Waals surface area contributed by atoms with E-state index in [0.29, 0.717) is 12.1 Å². The van der Waals surface area contributed by atoms with Crippen LogP contribution in [0.4, 0.5) is 0 Å². The van der Waals surface area contributed by atoms with E-state index < -0.39 is 0 Å². The smallest absolute Gasteiger partial charge is 0.0248 e. The zero-order chi connectivity index (χ0) is 15.1. The molecule has 0 heterocycles. The molecule has 0 saturated heterocycles. The lowest BCUT2D eigenvalue weighted by molar-refractivity contribution is 0.126. The van der Waals surface area contributed by atoms with Gasteiger partial charge in [0, 0.05) is 18.6 Å². The molecular formula is C19H32N2. The van der Waals surface area contributed by atoms with E-state index in [2.05, 4.69) is 61.4 Å². The molecule has 3 atom stereocenters. The predicted octanol–water partition coefficient (Wildman–Crippen LogP) is 3.72. The van der Waals surface area contributed by atoms with Gasteiger partial charge in [-0.3, -0.25) is 0 Å². The van der Waals surface area contributed by atoms with Crippen LogP contribution in [-0.2, 0) is 6.42 Å². The fourth-order valence-corrected chi connectivity index (χ4v) is 3.52. The van der Waals surface area contributed by atoms with Gasteiger partial charge in [-0.2, -0.15) is 0 Å². The zero-order valence-corrected chi connectivity index (χ0v) is 14.0. The third kappa shape index (κ3) is 5.12. The SMILES string of the molecule is CCCNC1CCC(C)CC1N(C)CCc1ccccc1. The molecule has 1 N–H and O–H groups in total. The molecule has 21 heavy (non-hydrogen) atoms. The Kier molecular flexibility index (Phi) is 6.72. The van der Waals surface area contributed by atoms with Gasteiger partial charge in [-0.1, -0.05) is 44.2 Å². The molecule has 118 valence electrons. The summed E-state index contributed by atoms with van der Waals surface area (Å²) in [6.45, 7) is 6.98. The van der Waals surface area contributed by atoms with Gasteiger partial charge in [-0.15, -0.1) is 0 Å². The van der Waals surface area contributed by atoms with Crippen LogP contribution >= 0.6 is 0 Å². The molecule has 2 heteroatoms. The zero-order valence-electron chi connectivity index (χ0n) is 14.0. The van der Waals surface area contributed by atoms with Gasteiger partial charge < -0.3 is 10.2 Å². The number of benzene rings is 1. The van der Waals surface area contributed by atoms with Gasteiger partial charge in [0.1, 0.15) is 0 Å². The van der Waals surface area contributed by atoms with Crippen molar-refractivity contribution in [2.24, 2.45) is 5.92 Å². The maximum absolute atomic E-state index is 3.78. The molecule has 1 aromatic rings. The lowest BCUT2D eigenvalue weighted by Gasteiger charge is -2.41. The average molecular weight is 288 g/mol. The first kappa shape index (κ1) is 16.5. The van der Waals surface area contributed by atoms with Crippen molar-refractivity contribution >= 4 is 0 Å². The first-order valence-corrected chi connectivity index (χ1v) is 8.68. The van der Waals surface area contributed by atoms with Crippen LogP contribution in [0.1, 0.15) is 45.1 Å². The maximum Gasteiger partial charge on any atom is 0.0248 e. The molecule has 1 saturated carbocycles. The van der Waals surface area contributed by atoms with Crippen molar-refractivity contribution in [1.82, 2.24) is 10.2 Å². The van der Waals surface area contributed by atoms with Crippen molar-refractivity contribution < 1.29 is 0 Å². The van der Waals surface area contributed by atoms with Crippen LogP contribution in [-0.4, -0.2) is 37.1 Å². The topological polar surface area (TPSA) is 15.3 Å². The van der Waals surface area contributed by atoms with Gasteiger partial charge in [-0.25, -0.2) is 0 Å². The molecule has 0 amide bonds. The second-order valence-electron chi connectivity index (χ2n) is 6.76. The van der Waals surface area contributed by atoms with Crippen molar-refractivity contribution in [2.45, 2.75) is 58.0 Å². The van der Waals surface area contributed by atoms with Crippen LogP contribution in [0, 0.1) is 5.92 Å². The Morgan fingerprint density at radius 1 is 1.19 bits per heavy atom. The van der Waals surface area contributed by atoms with E-state index >= 15 is 0 Å². The summed E-state index contributed by atoms with van der Waals surface area (Å²) >= 11 is 0. The van der Waals surface area contributed by atoms with E-state index in [-0.39, 0.29) is 0 Å². The van der Waals surface area contributed by atoms with Crippen molar-refractivity contribution in [1.29, 1.82) is 0 Å². The first-order valence-electron chi connectivity index (χ1n) is 8.68. The Morgan fingerprint density at radius 2 is 1.95 bits per heavy atom. The minimum absolute atomic E-state index is 0.682. The third-order valence-corrected chi connectivity index (χ3v) is 4.90.